The highest BCUT2D eigenvalue weighted by Gasteiger charge is 2.22. The van der Waals surface area contributed by atoms with Crippen LogP contribution in [0.15, 0.2) is 36.4 Å². The van der Waals surface area contributed by atoms with Crippen LogP contribution in [0.4, 0.5) is 13.2 Å². The van der Waals surface area contributed by atoms with Crippen LogP contribution in [0.3, 0.4) is 0 Å². The topological polar surface area (TPSA) is 9.23 Å². The molecule has 0 aliphatic carbocycles. The molecule has 0 atom stereocenters. The molecule has 2 aromatic rings. The van der Waals surface area contributed by atoms with Crippen molar-refractivity contribution in [2.24, 2.45) is 0 Å². The Morgan fingerprint density at radius 3 is 2.25 bits per heavy atom. The van der Waals surface area contributed by atoms with Crippen LogP contribution in [-0.4, -0.2) is 6.61 Å². The predicted octanol–water partition coefficient (Wildman–Crippen LogP) is 5.14. The molecule has 0 saturated heterocycles. The molecule has 0 saturated carbocycles. The second kappa shape index (κ2) is 5.99. The van der Waals surface area contributed by atoms with Crippen LogP contribution >= 0.6 is 0 Å². The summed E-state index contributed by atoms with van der Waals surface area (Å²) in [7, 11) is 0. The first kappa shape index (κ1) is 14.4. The maximum Gasteiger partial charge on any atom is 0.267 e. The number of hydrogen-bond acceptors (Lipinski definition) is 1. The third-order valence-electron chi connectivity index (χ3n) is 3.02. The molecule has 0 N–H and O–H groups in total. The highest BCUT2D eigenvalue weighted by molar-refractivity contribution is 5.69. The van der Waals surface area contributed by atoms with E-state index in [1.54, 1.807) is 31.2 Å². The molecule has 1 nitrogen and oxygen atoms in total. The summed E-state index contributed by atoms with van der Waals surface area (Å²) in [6.07, 6.45) is -2.90. The van der Waals surface area contributed by atoms with Crippen LogP contribution in [0.25, 0.3) is 11.1 Å². The SMILES string of the molecule is CCOc1ccc(-c2ccc(C)cc2)c(C(F)F)c1F. The number of aryl methyl sites for hydroxylation is 1. The van der Waals surface area contributed by atoms with Gasteiger partial charge in [-0.3, -0.25) is 0 Å². The van der Waals surface area contributed by atoms with Crippen molar-refractivity contribution in [3.05, 3.63) is 53.3 Å². The largest absolute Gasteiger partial charge is 0.491 e. The van der Waals surface area contributed by atoms with E-state index in [1.807, 2.05) is 6.92 Å². The number of ether oxygens (including phenoxy) is 1. The van der Waals surface area contributed by atoms with Gasteiger partial charge >= 0.3 is 0 Å². The molecule has 0 fully saturated rings. The van der Waals surface area contributed by atoms with E-state index in [4.69, 9.17) is 4.74 Å². The molecular formula is C16H15F3O. The Morgan fingerprint density at radius 1 is 1.05 bits per heavy atom. The van der Waals surface area contributed by atoms with Gasteiger partial charge in [-0.05, 0) is 37.1 Å². The summed E-state index contributed by atoms with van der Waals surface area (Å²) in [6, 6.07) is 9.88. The van der Waals surface area contributed by atoms with Crippen LogP contribution in [0.2, 0.25) is 0 Å². The quantitative estimate of drug-likeness (QED) is 0.753. The minimum absolute atomic E-state index is 0.140. The molecule has 20 heavy (non-hydrogen) atoms. The van der Waals surface area contributed by atoms with Crippen molar-refractivity contribution in [2.75, 3.05) is 6.61 Å². The highest BCUT2D eigenvalue weighted by atomic mass is 19.3. The van der Waals surface area contributed by atoms with Gasteiger partial charge in [-0.25, -0.2) is 13.2 Å². The molecule has 2 aromatic carbocycles. The van der Waals surface area contributed by atoms with Gasteiger partial charge in [0.1, 0.15) is 0 Å². The lowest BCUT2D eigenvalue weighted by Crippen LogP contribution is -2.01. The Balaban J connectivity index is 2.58. The second-order valence-electron chi connectivity index (χ2n) is 4.44. The lowest BCUT2D eigenvalue weighted by atomic mass is 9.98. The zero-order chi connectivity index (χ0) is 14.7. The first-order chi connectivity index (χ1) is 9.54. The van der Waals surface area contributed by atoms with E-state index >= 15 is 0 Å². The number of hydrogen-bond donors (Lipinski definition) is 0. The first-order valence-corrected chi connectivity index (χ1v) is 6.35. The van der Waals surface area contributed by atoms with Crippen molar-refractivity contribution >= 4 is 0 Å². The van der Waals surface area contributed by atoms with E-state index in [1.165, 1.54) is 12.1 Å². The van der Waals surface area contributed by atoms with E-state index in [2.05, 4.69) is 0 Å². The molecule has 0 amide bonds. The minimum Gasteiger partial charge on any atom is -0.491 e. The summed E-state index contributed by atoms with van der Waals surface area (Å²) in [5.74, 6) is -1.13. The van der Waals surface area contributed by atoms with E-state index in [9.17, 15) is 13.2 Å². The standard InChI is InChI=1S/C16H15F3O/c1-3-20-13-9-8-12(14(15(13)17)16(18)19)11-6-4-10(2)5-7-11/h4-9,16H,3H2,1-2H3. The van der Waals surface area contributed by atoms with Gasteiger partial charge in [-0.15, -0.1) is 0 Å². The van der Waals surface area contributed by atoms with Crippen molar-refractivity contribution in [3.63, 3.8) is 0 Å². The molecule has 0 aliphatic heterocycles. The van der Waals surface area contributed by atoms with Crippen LogP contribution in [0, 0.1) is 12.7 Å². The Labute approximate surface area is 116 Å². The summed E-state index contributed by atoms with van der Waals surface area (Å²) in [4.78, 5) is 0. The van der Waals surface area contributed by atoms with Gasteiger partial charge in [-0.1, -0.05) is 29.8 Å². The second-order valence-corrected chi connectivity index (χ2v) is 4.44. The zero-order valence-corrected chi connectivity index (χ0v) is 11.3. The summed E-state index contributed by atoms with van der Waals surface area (Å²) in [5, 5.41) is 0. The molecule has 0 radical (unpaired) electrons. The molecule has 0 aliphatic rings. The van der Waals surface area contributed by atoms with Crippen molar-refractivity contribution in [2.45, 2.75) is 20.3 Å². The monoisotopic (exact) mass is 280 g/mol. The summed E-state index contributed by atoms with van der Waals surface area (Å²) >= 11 is 0. The van der Waals surface area contributed by atoms with Crippen molar-refractivity contribution in [3.8, 4) is 16.9 Å². The third kappa shape index (κ3) is 2.79. The average Bonchev–Trinajstić information content (AvgIpc) is 2.41. The Hall–Kier alpha value is -1.97. The molecular weight excluding hydrogens is 265 g/mol. The normalized spacial score (nSPS) is 10.9. The minimum atomic E-state index is -2.90. The molecule has 0 unspecified atom stereocenters. The van der Waals surface area contributed by atoms with Gasteiger partial charge < -0.3 is 4.74 Å². The summed E-state index contributed by atoms with van der Waals surface area (Å²) < 4.78 is 45.5. The zero-order valence-electron chi connectivity index (χ0n) is 11.3. The molecule has 106 valence electrons. The molecule has 0 bridgehead atoms. The predicted molar refractivity (Wildman–Crippen MR) is 72.7 cm³/mol. The molecule has 0 spiro atoms. The van der Waals surface area contributed by atoms with Gasteiger partial charge in [0.25, 0.3) is 6.43 Å². The van der Waals surface area contributed by atoms with Gasteiger partial charge in [0.05, 0.1) is 12.2 Å². The Kier molecular flexibility index (Phi) is 4.32. The average molecular weight is 280 g/mol. The van der Waals surface area contributed by atoms with Crippen LogP contribution in [0.1, 0.15) is 24.5 Å². The van der Waals surface area contributed by atoms with E-state index in [-0.39, 0.29) is 17.9 Å². The van der Waals surface area contributed by atoms with Gasteiger partial charge in [0.15, 0.2) is 11.6 Å². The first-order valence-electron chi connectivity index (χ1n) is 6.35. The van der Waals surface area contributed by atoms with Gasteiger partial charge in [0.2, 0.25) is 0 Å². The number of rotatable bonds is 4. The number of benzene rings is 2. The van der Waals surface area contributed by atoms with Crippen LogP contribution in [-0.2, 0) is 0 Å². The molecule has 2 rings (SSSR count). The lowest BCUT2D eigenvalue weighted by molar-refractivity contribution is 0.145. The fraction of sp³-hybridized carbons (Fsp3) is 0.250. The lowest BCUT2D eigenvalue weighted by Gasteiger charge is -2.14. The van der Waals surface area contributed by atoms with Crippen molar-refractivity contribution in [1.29, 1.82) is 0 Å². The van der Waals surface area contributed by atoms with Gasteiger partial charge in [0, 0.05) is 0 Å². The molecule has 0 aromatic heterocycles. The van der Waals surface area contributed by atoms with E-state index in [0.717, 1.165) is 5.56 Å². The Bertz CT molecular complexity index is 591. The highest BCUT2D eigenvalue weighted by Crippen LogP contribution is 2.37. The van der Waals surface area contributed by atoms with Crippen molar-refractivity contribution < 1.29 is 17.9 Å². The fourth-order valence-electron chi connectivity index (χ4n) is 2.04. The number of halogens is 3. The van der Waals surface area contributed by atoms with E-state index in [0.29, 0.717) is 5.56 Å². The van der Waals surface area contributed by atoms with E-state index < -0.39 is 17.8 Å². The summed E-state index contributed by atoms with van der Waals surface area (Å²) in [6.45, 7) is 3.80. The smallest absolute Gasteiger partial charge is 0.267 e. The third-order valence-corrected chi connectivity index (χ3v) is 3.02. The van der Waals surface area contributed by atoms with Crippen molar-refractivity contribution in [1.82, 2.24) is 0 Å². The van der Waals surface area contributed by atoms with Crippen LogP contribution < -0.4 is 4.74 Å². The molecule has 0 heterocycles. The maximum absolute atomic E-state index is 14.1. The fourth-order valence-corrected chi connectivity index (χ4v) is 2.04. The number of alkyl halides is 2. The summed E-state index contributed by atoms with van der Waals surface area (Å²) in [5.41, 5.74) is 1.16. The Morgan fingerprint density at radius 2 is 1.70 bits per heavy atom. The van der Waals surface area contributed by atoms with Gasteiger partial charge in [-0.2, -0.15) is 0 Å². The maximum atomic E-state index is 14.1. The van der Waals surface area contributed by atoms with Crippen LogP contribution in [0.5, 0.6) is 5.75 Å². The molecule has 4 heteroatoms.